The highest BCUT2D eigenvalue weighted by molar-refractivity contribution is 6.25. The van der Waals surface area contributed by atoms with Crippen molar-refractivity contribution in [3.05, 3.63) is 176 Å². The van der Waals surface area contributed by atoms with Gasteiger partial charge in [-0.05, 0) is 84.5 Å². The van der Waals surface area contributed by atoms with Gasteiger partial charge in [-0.25, -0.2) is 15.0 Å². The molecule has 11 aromatic rings. The van der Waals surface area contributed by atoms with E-state index in [-0.39, 0.29) is 0 Å². The molecule has 9 aromatic carbocycles. The third-order valence-electron chi connectivity index (χ3n) is 10.5. The highest BCUT2D eigenvalue weighted by Crippen LogP contribution is 2.41. The topological polar surface area (TPSA) is 51.8 Å². The lowest BCUT2D eigenvalue weighted by atomic mass is 9.93. The van der Waals surface area contributed by atoms with E-state index < -0.39 is 0 Å². The van der Waals surface area contributed by atoms with Gasteiger partial charge in [-0.15, -0.1) is 0 Å². The maximum absolute atomic E-state index is 6.51. The number of benzene rings is 9. The Kier molecular flexibility index (Phi) is 6.52. The van der Waals surface area contributed by atoms with Crippen molar-refractivity contribution in [3.8, 4) is 45.3 Å². The SMILES string of the molecule is c1ccc(-c2cc(-c3nc(-c4ccc5ccccc5c4)nc(-c4ccc5c6ccccc6c6ccccc6c5c4)n3)cc3oc4ccccc4c23)cc1. The Morgan fingerprint density at radius 3 is 1.55 bits per heavy atom. The molecule has 0 spiro atoms. The Labute approximate surface area is 304 Å². The molecule has 2 heterocycles. The third-order valence-corrected chi connectivity index (χ3v) is 10.5. The fourth-order valence-corrected chi connectivity index (χ4v) is 7.97. The van der Waals surface area contributed by atoms with Crippen molar-refractivity contribution < 1.29 is 4.42 Å². The van der Waals surface area contributed by atoms with E-state index in [0.29, 0.717) is 17.5 Å². The molecule has 0 aliphatic heterocycles. The van der Waals surface area contributed by atoms with E-state index in [1.165, 1.54) is 37.7 Å². The number of aromatic nitrogens is 3. The first kappa shape index (κ1) is 29.5. The summed E-state index contributed by atoms with van der Waals surface area (Å²) in [7, 11) is 0. The van der Waals surface area contributed by atoms with Crippen molar-refractivity contribution >= 4 is 65.0 Å². The molecule has 0 bridgehead atoms. The predicted octanol–water partition coefficient (Wildman–Crippen LogP) is 13.1. The van der Waals surface area contributed by atoms with Gasteiger partial charge < -0.3 is 4.42 Å². The van der Waals surface area contributed by atoms with Crippen molar-refractivity contribution in [2.75, 3.05) is 0 Å². The summed E-state index contributed by atoms with van der Waals surface area (Å²) in [4.78, 5) is 15.6. The number of para-hydroxylation sites is 1. The Balaban J connectivity index is 1.18. The van der Waals surface area contributed by atoms with Crippen molar-refractivity contribution in [3.63, 3.8) is 0 Å². The number of nitrogens with zero attached hydrogens (tertiary/aromatic N) is 3. The number of furan rings is 1. The first-order valence-electron chi connectivity index (χ1n) is 17.9. The zero-order valence-corrected chi connectivity index (χ0v) is 28.5. The molecule has 0 N–H and O–H groups in total. The standard InChI is InChI=1S/C49H29N3O/c1-2-13-31(14-3-1)42-28-35(29-45-46(42)41-20-10-11-21-44(41)53-45)49-51-47(33-23-22-30-12-4-5-15-32(30)26-33)50-48(52-49)34-24-25-40-38-18-7-6-16-36(38)37-17-8-9-19-39(37)43(40)27-34/h1-29H. The van der Waals surface area contributed by atoms with Crippen LogP contribution in [0.5, 0.6) is 0 Å². The molecular formula is C49H29N3O. The van der Waals surface area contributed by atoms with Crippen LogP contribution in [0.2, 0.25) is 0 Å². The van der Waals surface area contributed by atoms with Crippen LogP contribution in [-0.4, -0.2) is 15.0 Å². The van der Waals surface area contributed by atoms with E-state index in [4.69, 9.17) is 19.4 Å². The summed E-state index contributed by atoms with van der Waals surface area (Å²) in [5.74, 6) is 1.81. The lowest BCUT2D eigenvalue weighted by Crippen LogP contribution is -2.00. The van der Waals surface area contributed by atoms with E-state index in [1.807, 2.05) is 18.2 Å². The van der Waals surface area contributed by atoms with Gasteiger partial charge in [0.15, 0.2) is 17.5 Å². The quantitative estimate of drug-likeness (QED) is 0.174. The zero-order chi connectivity index (χ0) is 34.9. The first-order chi connectivity index (χ1) is 26.2. The lowest BCUT2D eigenvalue weighted by Gasteiger charge is -2.13. The van der Waals surface area contributed by atoms with E-state index in [9.17, 15) is 0 Å². The summed E-state index contributed by atoms with van der Waals surface area (Å²) in [5.41, 5.74) is 6.53. The van der Waals surface area contributed by atoms with Crippen molar-refractivity contribution in [1.29, 1.82) is 0 Å². The van der Waals surface area contributed by atoms with Crippen molar-refractivity contribution in [2.45, 2.75) is 0 Å². The molecular weight excluding hydrogens is 647 g/mol. The molecule has 0 aliphatic rings. The number of fused-ring (bicyclic) bond motifs is 10. The van der Waals surface area contributed by atoms with Crippen LogP contribution in [0.4, 0.5) is 0 Å². The fraction of sp³-hybridized carbons (Fsp3) is 0. The Morgan fingerprint density at radius 1 is 0.302 bits per heavy atom. The smallest absolute Gasteiger partial charge is 0.164 e. The second kappa shape index (κ2) is 11.7. The third kappa shape index (κ3) is 4.80. The maximum atomic E-state index is 6.51. The number of hydrogen-bond acceptors (Lipinski definition) is 4. The molecule has 4 heteroatoms. The van der Waals surface area contributed by atoms with Crippen LogP contribution in [0.25, 0.3) is 110 Å². The van der Waals surface area contributed by atoms with E-state index in [2.05, 4.69) is 158 Å². The Bertz CT molecular complexity index is 3200. The summed E-state index contributed by atoms with van der Waals surface area (Å²) in [5, 5.41) is 11.7. The van der Waals surface area contributed by atoms with Crippen LogP contribution in [0.3, 0.4) is 0 Å². The molecule has 0 aliphatic carbocycles. The molecule has 0 atom stereocenters. The molecule has 2 aromatic heterocycles. The molecule has 246 valence electrons. The Morgan fingerprint density at radius 2 is 0.830 bits per heavy atom. The molecule has 0 fully saturated rings. The van der Waals surface area contributed by atoms with Crippen LogP contribution in [0, 0.1) is 0 Å². The largest absolute Gasteiger partial charge is 0.456 e. The van der Waals surface area contributed by atoms with Gasteiger partial charge in [0.05, 0.1) is 0 Å². The van der Waals surface area contributed by atoms with Crippen LogP contribution in [0.15, 0.2) is 180 Å². The summed E-state index contributed by atoms with van der Waals surface area (Å²) in [6.07, 6.45) is 0. The summed E-state index contributed by atoms with van der Waals surface area (Å²) in [6, 6.07) is 61.6. The van der Waals surface area contributed by atoms with E-state index in [0.717, 1.165) is 55.1 Å². The summed E-state index contributed by atoms with van der Waals surface area (Å²) in [6.45, 7) is 0. The highest BCUT2D eigenvalue weighted by Gasteiger charge is 2.19. The van der Waals surface area contributed by atoms with Crippen LogP contribution in [0.1, 0.15) is 0 Å². The summed E-state index contributed by atoms with van der Waals surface area (Å²) < 4.78 is 6.51. The Hall–Kier alpha value is -7.17. The molecule has 0 radical (unpaired) electrons. The minimum atomic E-state index is 0.584. The maximum Gasteiger partial charge on any atom is 0.164 e. The molecule has 0 amide bonds. The van der Waals surface area contributed by atoms with Crippen LogP contribution in [-0.2, 0) is 0 Å². The lowest BCUT2D eigenvalue weighted by molar-refractivity contribution is 0.669. The molecule has 0 saturated heterocycles. The van der Waals surface area contributed by atoms with Gasteiger partial charge in [0.25, 0.3) is 0 Å². The van der Waals surface area contributed by atoms with Crippen molar-refractivity contribution in [1.82, 2.24) is 15.0 Å². The van der Waals surface area contributed by atoms with Gasteiger partial charge in [0, 0.05) is 27.5 Å². The van der Waals surface area contributed by atoms with Gasteiger partial charge in [-0.2, -0.15) is 0 Å². The van der Waals surface area contributed by atoms with E-state index >= 15 is 0 Å². The van der Waals surface area contributed by atoms with Crippen LogP contribution >= 0.6 is 0 Å². The highest BCUT2D eigenvalue weighted by atomic mass is 16.3. The average molecular weight is 676 g/mol. The van der Waals surface area contributed by atoms with Crippen molar-refractivity contribution in [2.24, 2.45) is 0 Å². The monoisotopic (exact) mass is 675 g/mol. The molecule has 0 saturated carbocycles. The second-order valence-corrected chi connectivity index (χ2v) is 13.6. The predicted molar refractivity (Wildman–Crippen MR) is 219 cm³/mol. The first-order valence-corrected chi connectivity index (χ1v) is 17.9. The summed E-state index contributed by atoms with van der Waals surface area (Å²) >= 11 is 0. The second-order valence-electron chi connectivity index (χ2n) is 13.6. The van der Waals surface area contributed by atoms with Gasteiger partial charge in [-0.3, -0.25) is 0 Å². The van der Waals surface area contributed by atoms with Gasteiger partial charge >= 0.3 is 0 Å². The molecule has 53 heavy (non-hydrogen) atoms. The van der Waals surface area contributed by atoms with Gasteiger partial charge in [0.1, 0.15) is 11.2 Å². The molecule has 0 unspecified atom stereocenters. The number of hydrogen-bond donors (Lipinski definition) is 0. The fourth-order valence-electron chi connectivity index (χ4n) is 7.97. The minimum Gasteiger partial charge on any atom is -0.456 e. The average Bonchev–Trinajstić information content (AvgIpc) is 3.62. The number of rotatable bonds is 4. The van der Waals surface area contributed by atoms with Gasteiger partial charge in [0.2, 0.25) is 0 Å². The molecule has 11 rings (SSSR count). The minimum absolute atomic E-state index is 0.584. The van der Waals surface area contributed by atoms with E-state index in [1.54, 1.807) is 0 Å². The van der Waals surface area contributed by atoms with Crippen LogP contribution < -0.4 is 0 Å². The zero-order valence-electron chi connectivity index (χ0n) is 28.5. The normalized spacial score (nSPS) is 11.8. The molecule has 4 nitrogen and oxygen atoms in total. The van der Waals surface area contributed by atoms with Gasteiger partial charge in [-0.1, -0.05) is 146 Å².